The molecule has 218 valence electrons. The summed E-state index contributed by atoms with van der Waals surface area (Å²) in [5.41, 5.74) is -1.49. The molecule has 1 aromatic carbocycles. The summed E-state index contributed by atoms with van der Waals surface area (Å²) in [5.74, 6) is -1.06. The van der Waals surface area contributed by atoms with Gasteiger partial charge in [-0.15, -0.1) is 0 Å². The van der Waals surface area contributed by atoms with Gasteiger partial charge >= 0.3 is 12.2 Å². The molecule has 15 heteroatoms. The lowest BCUT2D eigenvalue weighted by molar-refractivity contribution is -0.137. The molecule has 0 saturated heterocycles. The second-order valence-corrected chi connectivity index (χ2v) is 10.1. The highest BCUT2D eigenvalue weighted by atomic mass is 19.4. The molecule has 0 radical (unpaired) electrons. The van der Waals surface area contributed by atoms with Crippen LogP contribution >= 0.6 is 0 Å². The minimum Gasteiger partial charge on any atom is -0.476 e. The zero-order valence-corrected chi connectivity index (χ0v) is 22.3. The lowest BCUT2D eigenvalue weighted by Crippen LogP contribution is -2.26. The van der Waals surface area contributed by atoms with E-state index in [2.05, 4.69) is 31.0 Å². The van der Waals surface area contributed by atoms with E-state index < -0.39 is 40.6 Å². The number of urea groups is 1. The number of nitrogens with one attached hydrogen (secondary N) is 3. The van der Waals surface area contributed by atoms with E-state index in [0.29, 0.717) is 11.8 Å². The third kappa shape index (κ3) is 6.09. The Hall–Kier alpha value is -5.21. The summed E-state index contributed by atoms with van der Waals surface area (Å²) in [6.45, 7) is 5.30. The molecule has 1 aliphatic heterocycles. The van der Waals surface area contributed by atoms with Gasteiger partial charge in [0.1, 0.15) is 17.4 Å². The van der Waals surface area contributed by atoms with Crippen molar-refractivity contribution in [3.8, 4) is 22.9 Å². The van der Waals surface area contributed by atoms with Crippen LogP contribution in [0.3, 0.4) is 0 Å². The normalized spacial score (nSPS) is 13.1. The van der Waals surface area contributed by atoms with Gasteiger partial charge in [-0.05, 0) is 18.2 Å². The number of alkyl halides is 3. The molecule has 11 nitrogen and oxygen atoms in total. The van der Waals surface area contributed by atoms with Crippen LogP contribution in [0, 0.1) is 5.82 Å². The summed E-state index contributed by atoms with van der Waals surface area (Å²) in [6.07, 6.45) is -1.26. The third-order valence-corrected chi connectivity index (χ3v) is 5.90. The maximum atomic E-state index is 14.1. The number of hydrogen-bond donors (Lipinski definition) is 3. The van der Waals surface area contributed by atoms with Gasteiger partial charge in [-0.1, -0.05) is 20.8 Å². The highest BCUT2D eigenvalue weighted by Gasteiger charge is 2.35. The number of anilines is 3. The first-order valence-electron chi connectivity index (χ1n) is 12.4. The maximum absolute atomic E-state index is 14.1. The van der Waals surface area contributed by atoms with Crippen molar-refractivity contribution in [2.75, 3.05) is 22.6 Å². The van der Waals surface area contributed by atoms with E-state index in [0.717, 1.165) is 18.3 Å². The summed E-state index contributed by atoms with van der Waals surface area (Å²) in [6, 6.07) is 6.01. The van der Waals surface area contributed by atoms with Gasteiger partial charge in [0.05, 0.1) is 35.0 Å². The van der Waals surface area contributed by atoms with Crippen LogP contribution in [0.25, 0.3) is 5.69 Å². The smallest absolute Gasteiger partial charge is 0.418 e. The van der Waals surface area contributed by atoms with Crippen molar-refractivity contribution in [2.45, 2.75) is 32.4 Å². The maximum Gasteiger partial charge on any atom is 0.418 e. The Morgan fingerprint density at radius 3 is 2.60 bits per heavy atom. The first-order valence-corrected chi connectivity index (χ1v) is 12.4. The standard InChI is InChI=1S/C27H23F4N7O4/c1-26(2,3)20-10-21(38(37-20)15-8-14(28)11-32-12-15)35-25(40)34-18-5-4-16(9-17(18)27(29,30)31)42-19-6-7-33-24-23(19)41-13-22(39)36-24/h4-12H,13H2,1-3H3,(H,33,36,39)(H2,34,35,40). The molecule has 3 aromatic heterocycles. The molecule has 4 aromatic rings. The summed E-state index contributed by atoms with van der Waals surface area (Å²) >= 11 is 0. The van der Waals surface area contributed by atoms with Crippen molar-refractivity contribution in [2.24, 2.45) is 0 Å². The average molecular weight is 586 g/mol. The van der Waals surface area contributed by atoms with Crippen molar-refractivity contribution in [1.82, 2.24) is 19.7 Å². The molecule has 4 heterocycles. The summed E-state index contributed by atoms with van der Waals surface area (Å²) in [5, 5.41) is 11.6. The topological polar surface area (TPSA) is 132 Å². The van der Waals surface area contributed by atoms with E-state index in [1.807, 2.05) is 20.8 Å². The number of nitrogens with zero attached hydrogens (tertiary/aromatic N) is 4. The Morgan fingerprint density at radius 1 is 1.10 bits per heavy atom. The molecular weight excluding hydrogens is 562 g/mol. The lowest BCUT2D eigenvalue weighted by atomic mass is 9.92. The van der Waals surface area contributed by atoms with Gasteiger partial charge in [0, 0.05) is 29.8 Å². The van der Waals surface area contributed by atoms with Crippen LogP contribution in [0.15, 0.2) is 55.0 Å². The van der Waals surface area contributed by atoms with Gasteiger partial charge in [-0.3, -0.25) is 15.1 Å². The summed E-state index contributed by atoms with van der Waals surface area (Å²) < 4.78 is 68.2. The zero-order chi connectivity index (χ0) is 30.2. The van der Waals surface area contributed by atoms with E-state index in [1.54, 1.807) is 0 Å². The fourth-order valence-corrected chi connectivity index (χ4v) is 3.92. The molecule has 1 aliphatic rings. The summed E-state index contributed by atoms with van der Waals surface area (Å²) in [7, 11) is 0. The van der Waals surface area contributed by atoms with E-state index in [4.69, 9.17) is 9.47 Å². The van der Waals surface area contributed by atoms with Crippen LogP contribution in [0.2, 0.25) is 0 Å². The second kappa shape index (κ2) is 10.6. The Balaban J connectivity index is 1.41. The number of amides is 3. The van der Waals surface area contributed by atoms with Crippen LogP contribution in [-0.2, 0) is 16.4 Å². The third-order valence-electron chi connectivity index (χ3n) is 5.90. The van der Waals surface area contributed by atoms with Crippen LogP contribution in [-0.4, -0.2) is 38.3 Å². The van der Waals surface area contributed by atoms with E-state index in [-0.39, 0.29) is 41.2 Å². The number of fused-ring (bicyclic) bond motifs is 1. The van der Waals surface area contributed by atoms with Crippen molar-refractivity contribution >= 4 is 29.3 Å². The van der Waals surface area contributed by atoms with Crippen molar-refractivity contribution < 1.29 is 36.6 Å². The van der Waals surface area contributed by atoms with Gasteiger partial charge in [-0.2, -0.15) is 18.3 Å². The number of benzene rings is 1. The number of rotatable bonds is 5. The highest BCUT2D eigenvalue weighted by Crippen LogP contribution is 2.41. The zero-order valence-electron chi connectivity index (χ0n) is 22.3. The average Bonchev–Trinajstić information content (AvgIpc) is 3.33. The number of pyridine rings is 2. The van der Waals surface area contributed by atoms with Gasteiger partial charge in [0.2, 0.25) is 5.75 Å². The monoisotopic (exact) mass is 585 g/mol. The fraction of sp³-hybridized carbons (Fsp3) is 0.222. The molecule has 0 atom stereocenters. The van der Waals surface area contributed by atoms with Crippen LogP contribution < -0.4 is 25.4 Å². The molecule has 0 aliphatic carbocycles. The fourth-order valence-electron chi connectivity index (χ4n) is 3.92. The van der Waals surface area contributed by atoms with Gasteiger partial charge in [-0.25, -0.2) is 18.9 Å². The molecule has 0 spiro atoms. The number of hydrogen-bond acceptors (Lipinski definition) is 7. The predicted octanol–water partition coefficient (Wildman–Crippen LogP) is 5.88. The van der Waals surface area contributed by atoms with Gasteiger partial charge in [0.25, 0.3) is 5.91 Å². The minimum atomic E-state index is -4.88. The first-order chi connectivity index (χ1) is 19.8. The lowest BCUT2D eigenvalue weighted by Gasteiger charge is -2.20. The summed E-state index contributed by atoms with van der Waals surface area (Å²) in [4.78, 5) is 32.2. The van der Waals surface area contributed by atoms with Crippen LogP contribution in [0.1, 0.15) is 32.0 Å². The van der Waals surface area contributed by atoms with E-state index in [9.17, 15) is 27.2 Å². The number of carbonyl (C=O) groups is 2. The van der Waals surface area contributed by atoms with E-state index in [1.165, 1.54) is 35.3 Å². The quantitative estimate of drug-likeness (QED) is 0.249. The second-order valence-electron chi connectivity index (χ2n) is 10.1. The molecule has 3 amide bonds. The number of halogens is 4. The molecule has 3 N–H and O–H groups in total. The van der Waals surface area contributed by atoms with Crippen molar-refractivity contribution in [1.29, 1.82) is 0 Å². The molecule has 0 bridgehead atoms. The Labute approximate surface area is 235 Å². The van der Waals surface area contributed by atoms with Crippen LogP contribution in [0.4, 0.5) is 39.7 Å². The Kier molecular flexibility index (Phi) is 7.18. The molecule has 0 fully saturated rings. The van der Waals surface area contributed by atoms with Crippen LogP contribution in [0.5, 0.6) is 17.2 Å². The minimum absolute atomic E-state index is 0.0290. The van der Waals surface area contributed by atoms with E-state index >= 15 is 0 Å². The number of ether oxygens (including phenoxy) is 2. The SMILES string of the molecule is CC(C)(C)c1cc(NC(=O)Nc2ccc(Oc3ccnc4c3OCC(=O)N4)cc2C(F)(F)F)n(-c2cncc(F)c2)n1. The van der Waals surface area contributed by atoms with Crippen molar-refractivity contribution in [3.63, 3.8) is 0 Å². The Morgan fingerprint density at radius 2 is 1.88 bits per heavy atom. The molecule has 0 saturated carbocycles. The predicted molar refractivity (Wildman–Crippen MR) is 143 cm³/mol. The van der Waals surface area contributed by atoms with Gasteiger partial charge in [0.15, 0.2) is 18.2 Å². The largest absolute Gasteiger partial charge is 0.476 e. The molecular formula is C27H23F4N7O4. The highest BCUT2D eigenvalue weighted by molar-refractivity contribution is 6.00. The molecule has 0 unspecified atom stereocenters. The van der Waals surface area contributed by atoms with Gasteiger partial charge < -0.3 is 20.1 Å². The Bertz CT molecular complexity index is 1680. The molecule has 42 heavy (non-hydrogen) atoms. The van der Waals surface area contributed by atoms with Crippen molar-refractivity contribution in [3.05, 3.63) is 72.1 Å². The number of carbonyl (C=O) groups excluding carboxylic acids is 2. The number of aromatic nitrogens is 4. The molecule has 5 rings (SSSR count). The first kappa shape index (κ1) is 28.3.